The predicted molar refractivity (Wildman–Crippen MR) is 114 cm³/mol. The fourth-order valence-corrected chi connectivity index (χ4v) is 5.33. The van der Waals surface area contributed by atoms with Crippen LogP contribution in [0.15, 0.2) is 53.4 Å². The van der Waals surface area contributed by atoms with Gasteiger partial charge in [0.15, 0.2) is 0 Å². The van der Waals surface area contributed by atoms with Crippen LogP contribution < -0.4 is 4.72 Å². The number of likely N-dealkylation sites (tertiary alicyclic amines) is 2. The summed E-state index contributed by atoms with van der Waals surface area (Å²) in [4.78, 5) is 17.4. The second-order valence-corrected chi connectivity index (χ2v) is 9.62. The van der Waals surface area contributed by atoms with Gasteiger partial charge in [0.25, 0.3) is 15.9 Å². The number of hydrogen-bond donors (Lipinski definition) is 1. The lowest BCUT2D eigenvalue weighted by Gasteiger charge is -2.23. The number of nitrogens with zero attached hydrogens (tertiary/aromatic N) is 2. The molecule has 0 radical (unpaired) electrons. The SMILES string of the molecule is Cc1cccc(NS(=O)(=O)c2cccc(C(=O)N3CCC(N4CCCC4)C3)c2)c1. The molecule has 1 unspecified atom stereocenters. The Labute approximate surface area is 172 Å². The fraction of sp³-hybridized carbons (Fsp3) is 0.409. The van der Waals surface area contributed by atoms with Crippen LogP contribution in [0.4, 0.5) is 5.69 Å². The van der Waals surface area contributed by atoms with E-state index >= 15 is 0 Å². The Morgan fingerprint density at radius 2 is 1.79 bits per heavy atom. The highest BCUT2D eigenvalue weighted by Gasteiger charge is 2.32. The van der Waals surface area contributed by atoms with Crippen LogP contribution in [-0.2, 0) is 10.0 Å². The van der Waals surface area contributed by atoms with E-state index in [1.807, 2.05) is 17.9 Å². The standard InChI is InChI=1S/C22H27N3O3S/c1-17-6-4-8-19(14-17)23-29(27,28)21-9-5-7-18(15-21)22(26)25-13-10-20(16-25)24-11-2-3-12-24/h4-9,14-15,20,23H,2-3,10-13,16H2,1H3. The molecule has 2 aliphatic rings. The van der Waals surface area contributed by atoms with E-state index in [1.54, 1.807) is 30.3 Å². The van der Waals surface area contributed by atoms with Gasteiger partial charge in [0.1, 0.15) is 0 Å². The Bertz CT molecular complexity index is 1000. The van der Waals surface area contributed by atoms with E-state index < -0.39 is 10.0 Å². The first-order valence-corrected chi connectivity index (χ1v) is 11.6. The topological polar surface area (TPSA) is 69.7 Å². The van der Waals surface area contributed by atoms with Crippen LogP contribution in [0.3, 0.4) is 0 Å². The van der Waals surface area contributed by atoms with E-state index in [-0.39, 0.29) is 10.8 Å². The third-order valence-electron chi connectivity index (χ3n) is 5.77. The van der Waals surface area contributed by atoms with Crippen LogP contribution in [0, 0.1) is 6.92 Å². The van der Waals surface area contributed by atoms with Crippen LogP contribution in [-0.4, -0.2) is 56.3 Å². The number of carbonyl (C=O) groups is 1. The molecule has 1 N–H and O–H groups in total. The van der Waals surface area contributed by atoms with Gasteiger partial charge in [0, 0.05) is 30.4 Å². The first-order chi connectivity index (χ1) is 13.9. The van der Waals surface area contributed by atoms with Crippen LogP contribution in [0.25, 0.3) is 0 Å². The number of amides is 1. The van der Waals surface area contributed by atoms with Crippen LogP contribution in [0.2, 0.25) is 0 Å². The highest BCUT2D eigenvalue weighted by Crippen LogP contribution is 2.23. The predicted octanol–water partition coefficient (Wildman–Crippen LogP) is 3.11. The van der Waals surface area contributed by atoms with Gasteiger partial charge in [0.05, 0.1) is 4.90 Å². The van der Waals surface area contributed by atoms with E-state index in [0.717, 1.165) is 38.2 Å². The summed E-state index contributed by atoms with van der Waals surface area (Å²) in [5.74, 6) is -0.0979. The molecule has 29 heavy (non-hydrogen) atoms. The maximum absolute atomic E-state index is 13.0. The summed E-state index contributed by atoms with van der Waals surface area (Å²) < 4.78 is 28.2. The van der Waals surface area contributed by atoms with Gasteiger partial charge in [-0.1, -0.05) is 18.2 Å². The van der Waals surface area contributed by atoms with Crippen molar-refractivity contribution >= 4 is 21.6 Å². The third kappa shape index (κ3) is 4.46. The molecule has 1 atom stereocenters. The summed E-state index contributed by atoms with van der Waals surface area (Å²) in [6.45, 7) is 5.58. The molecule has 2 aromatic carbocycles. The minimum atomic E-state index is -3.76. The van der Waals surface area contributed by atoms with Gasteiger partial charge in [-0.25, -0.2) is 8.42 Å². The second kappa shape index (κ2) is 8.16. The molecular weight excluding hydrogens is 386 g/mol. The van der Waals surface area contributed by atoms with E-state index in [0.29, 0.717) is 17.3 Å². The molecule has 6 nitrogen and oxygen atoms in total. The molecule has 2 saturated heterocycles. The van der Waals surface area contributed by atoms with Crippen molar-refractivity contribution in [1.82, 2.24) is 9.80 Å². The normalized spacial score (nSPS) is 20.2. The lowest BCUT2D eigenvalue weighted by molar-refractivity contribution is 0.0780. The lowest BCUT2D eigenvalue weighted by Crippen LogP contribution is -2.37. The van der Waals surface area contributed by atoms with E-state index in [4.69, 9.17) is 0 Å². The number of benzene rings is 2. The Balaban J connectivity index is 1.48. The summed E-state index contributed by atoms with van der Waals surface area (Å²) in [5.41, 5.74) is 1.89. The Morgan fingerprint density at radius 1 is 1.03 bits per heavy atom. The summed E-state index contributed by atoms with van der Waals surface area (Å²) in [7, 11) is -3.76. The van der Waals surface area contributed by atoms with E-state index in [9.17, 15) is 13.2 Å². The zero-order valence-electron chi connectivity index (χ0n) is 16.7. The highest BCUT2D eigenvalue weighted by atomic mass is 32.2. The lowest BCUT2D eigenvalue weighted by atomic mass is 10.2. The van der Waals surface area contributed by atoms with Gasteiger partial charge in [-0.2, -0.15) is 0 Å². The molecule has 2 aliphatic heterocycles. The van der Waals surface area contributed by atoms with Gasteiger partial charge in [-0.3, -0.25) is 14.4 Å². The largest absolute Gasteiger partial charge is 0.337 e. The zero-order chi connectivity index (χ0) is 20.4. The number of hydrogen-bond acceptors (Lipinski definition) is 4. The van der Waals surface area contributed by atoms with E-state index in [1.165, 1.54) is 25.0 Å². The maximum atomic E-state index is 13.0. The minimum absolute atomic E-state index is 0.0974. The maximum Gasteiger partial charge on any atom is 0.261 e. The minimum Gasteiger partial charge on any atom is -0.337 e. The van der Waals surface area contributed by atoms with Gasteiger partial charge in [-0.15, -0.1) is 0 Å². The van der Waals surface area contributed by atoms with Crippen LogP contribution in [0.5, 0.6) is 0 Å². The Hall–Kier alpha value is -2.38. The number of aryl methyl sites for hydroxylation is 1. The Kier molecular flexibility index (Phi) is 5.61. The van der Waals surface area contributed by atoms with Crippen molar-refractivity contribution < 1.29 is 13.2 Å². The average Bonchev–Trinajstić information content (AvgIpc) is 3.39. The molecule has 2 aromatic rings. The van der Waals surface area contributed by atoms with Gasteiger partial charge in [0.2, 0.25) is 0 Å². The first-order valence-electron chi connectivity index (χ1n) is 10.2. The van der Waals surface area contributed by atoms with Crippen molar-refractivity contribution in [3.8, 4) is 0 Å². The monoisotopic (exact) mass is 413 g/mol. The number of rotatable bonds is 5. The van der Waals surface area contributed by atoms with Crippen molar-refractivity contribution in [2.45, 2.75) is 37.1 Å². The number of carbonyl (C=O) groups excluding carboxylic acids is 1. The van der Waals surface area contributed by atoms with Crippen LogP contribution >= 0.6 is 0 Å². The molecule has 0 bridgehead atoms. The summed E-state index contributed by atoms with van der Waals surface area (Å²) in [6, 6.07) is 13.9. The van der Waals surface area contributed by atoms with Crippen molar-refractivity contribution in [1.29, 1.82) is 0 Å². The molecule has 0 saturated carbocycles. The first kappa shape index (κ1) is 19.9. The zero-order valence-corrected chi connectivity index (χ0v) is 17.5. The number of anilines is 1. The quantitative estimate of drug-likeness (QED) is 0.818. The molecule has 1 amide bonds. The number of nitrogens with one attached hydrogen (secondary N) is 1. The molecular formula is C22H27N3O3S. The van der Waals surface area contributed by atoms with E-state index in [2.05, 4.69) is 9.62 Å². The molecule has 0 aliphatic carbocycles. The second-order valence-electron chi connectivity index (χ2n) is 7.94. The summed E-state index contributed by atoms with van der Waals surface area (Å²) in [5, 5.41) is 0. The van der Waals surface area contributed by atoms with Crippen LogP contribution in [0.1, 0.15) is 35.2 Å². The van der Waals surface area contributed by atoms with Gasteiger partial charge in [-0.05, 0) is 75.2 Å². The van der Waals surface area contributed by atoms with Crippen molar-refractivity contribution in [2.24, 2.45) is 0 Å². The third-order valence-corrected chi connectivity index (χ3v) is 7.15. The smallest absolute Gasteiger partial charge is 0.261 e. The molecule has 2 heterocycles. The number of sulfonamides is 1. The molecule has 4 rings (SSSR count). The highest BCUT2D eigenvalue weighted by molar-refractivity contribution is 7.92. The molecule has 2 fully saturated rings. The summed E-state index contributed by atoms with van der Waals surface area (Å²) in [6.07, 6.45) is 3.45. The molecule has 0 spiro atoms. The average molecular weight is 414 g/mol. The molecule has 154 valence electrons. The Morgan fingerprint density at radius 3 is 2.55 bits per heavy atom. The summed E-state index contributed by atoms with van der Waals surface area (Å²) >= 11 is 0. The van der Waals surface area contributed by atoms with Gasteiger partial charge < -0.3 is 4.90 Å². The fourth-order valence-electron chi connectivity index (χ4n) is 4.23. The molecule has 0 aromatic heterocycles. The van der Waals surface area contributed by atoms with Crippen molar-refractivity contribution in [2.75, 3.05) is 30.9 Å². The van der Waals surface area contributed by atoms with Gasteiger partial charge >= 0.3 is 0 Å². The molecule has 7 heteroatoms. The van der Waals surface area contributed by atoms with Crippen molar-refractivity contribution in [3.05, 3.63) is 59.7 Å². The van der Waals surface area contributed by atoms with Crippen molar-refractivity contribution in [3.63, 3.8) is 0 Å².